The summed E-state index contributed by atoms with van der Waals surface area (Å²) in [6, 6.07) is 15.3. The van der Waals surface area contributed by atoms with Crippen molar-refractivity contribution in [2.45, 2.75) is 0 Å². The van der Waals surface area contributed by atoms with Gasteiger partial charge >= 0.3 is 5.97 Å². The first-order valence-electron chi connectivity index (χ1n) is 6.83. The van der Waals surface area contributed by atoms with E-state index in [4.69, 9.17) is 16.3 Å². The van der Waals surface area contributed by atoms with Crippen LogP contribution in [0.3, 0.4) is 0 Å². The predicted molar refractivity (Wildman–Crippen MR) is 87.4 cm³/mol. The highest BCUT2D eigenvalue weighted by Crippen LogP contribution is 2.21. The fraction of sp³-hybridized carbons (Fsp3) is 0. The van der Waals surface area contributed by atoms with Gasteiger partial charge < -0.3 is 4.74 Å². The van der Waals surface area contributed by atoms with Crippen molar-refractivity contribution in [3.8, 4) is 0 Å². The number of carbonyl (C=O) groups excluding carboxylic acids is 1. The van der Waals surface area contributed by atoms with E-state index in [0.29, 0.717) is 5.03 Å². The summed E-state index contributed by atoms with van der Waals surface area (Å²) in [7, 11) is 0. The van der Waals surface area contributed by atoms with Crippen LogP contribution in [0, 0.1) is 5.82 Å². The summed E-state index contributed by atoms with van der Waals surface area (Å²) in [5.74, 6) is -1.24. The average Bonchev–Trinajstić information content (AvgIpc) is 2.89. The largest absolute Gasteiger partial charge is 0.402 e. The van der Waals surface area contributed by atoms with Gasteiger partial charge in [0.25, 0.3) is 0 Å². The number of nitrogens with zero attached hydrogens (tertiary/aromatic N) is 1. The minimum atomic E-state index is -0.664. The number of hydrogen-bond acceptors (Lipinski definition) is 3. The van der Waals surface area contributed by atoms with Gasteiger partial charge in [0.15, 0.2) is 5.70 Å². The molecule has 0 aromatic heterocycles. The Balaban J connectivity index is 1.89. The van der Waals surface area contributed by atoms with Crippen molar-refractivity contribution < 1.29 is 13.9 Å². The molecule has 5 heteroatoms. The highest BCUT2D eigenvalue weighted by Gasteiger charge is 2.25. The summed E-state index contributed by atoms with van der Waals surface area (Å²) in [4.78, 5) is 15.9. The number of esters is 1. The molecule has 2 aromatic rings. The summed E-state index contributed by atoms with van der Waals surface area (Å²) < 4.78 is 18.7. The van der Waals surface area contributed by atoms with Crippen molar-refractivity contribution in [1.82, 2.24) is 0 Å². The van der Waals surface area contributed by atoms with Crippen LogP contribution in [0.15, 0.2) is 76.4 Å². The molecule has 0 amide bonds. The molecule has 0 bridgehead atoms. The number of carbonyl (C=O) groups is 1. The predicted octanol–water partition coefficient (Wildman–Crippen LogP) is 4.29. The summed E-state index contributed by atoms with van der Waals surface area (Å²) in [5.41, 5.74) is 1.05. The molecule has 0 fully saturated rings. The van der Waals surface area contributed by atoms with E-state index >= 15 is 0 Å². The molecule has 2 aromatic carbocycles. The van der Waals surface area contributed by atoms with Gasteiger partial charge in [-0.2, -0.15) is 0 Å². The molecular weight excluding hydrogens is 317 g/mol. The Morgan fingerprint density at radius 2 is 1.78 bits per heavy atom. The maximum Gasteiger partial charge on any atom is 0.363 e. The van der Waals surface area contributed by atoms with E-state index in [1.165, 1.54) is 18.2 Å². The van der Waals surface area contributed by atoms with E-state index in [1.54, 1.807) is 18.2 Å². The van der Waals surface area contributed by atoms with Crippen molar-refractivity contribution in [1.29, 1.82) is 0 Å². The maximum atomic E-state index is 13.7. The lowest BCUT2D eigenvalue weighted by atomic mass is 10.2. The highest BCUT2D eigenvalue weighted by atomic mass is 35.5. The van der Waals surface area contributed by atoms with E-state index in [0.717, 1.165) is 5.56 Å². The van der Waals surface area contributed by atoms with Gasteiger partial charge in [-0.05, 0) is 29.8 Å². The van der Waals surface area contributed by atoms with Gasteiger partial charge in [-0.3, -0.25) is 0 Å². The Bertz CT molecular complexity index is 841. The monoisotopic (exact) mass is 327 g/mol. The number of benzene rings is 2. The number of allylic oxidation sites excluding steroid dienone is 2. The SMILES string of the molecule is O=C1OC(c2ccccc2F)=N/C1=C/C(Cl)=C/c1ccccc1. The Labute approximate surface area is 137 Å². The lowest BCUT2D eigenvalue weighted by Gasteiger charge is -1.99. The van der Waals surface area contributed by atoms with Gasteiger partial charge in [0.2, 0.25) is 5.90 Å². The van der Waals surface area contributed by atoms with Crippen molar-refractivity contribution in [3.63, 3.8) is 0 Å². The van der Waals surface area contributed by atoms with Crippen LogP contribution < -0.4 is 0 Å². The van der Waals surface area contributed by atoms with Crippen LogP contribution in [-0.4, -0.2) is 11.9 Å². The van der Waals surface area contributed by atoms with Crippen molar-refractivity contribution in [2.24, 2.45) is 4.99 Å². The minimum Gasteiger partial charge on any atom is -0.402 e. The summed E-state index contributed by atoms with van der Waals surface area (Å²) in [5, 5.41) is 0.321. The second kappa shape index (κ2) is 6.58. The number of rotatable bonds is 3. The topological polar surface area (TPSA) is 38.7 Å². The molecule has 0 spiro atoms. The number of aliphatic imine (C=N–C) groups is 1. The number of halogens is 2. The van der Waals surface area contributed by atoms with E-state index < -0.39 is 11.8 Å². The molecule has 3 nitrogen and oxygen atoms in total. The van der Waals surface area contributed by atoms with Gasteiger partial charge in [0, 0.05) is 5.03 Å². The van der Waals surface area contributed by atoms with E-state index in [1.807, 2.05) is 30.3 Å². The lowest BCUT2D eigenvalue weighted by molar-refractivity contribution is -0.130. The van der Waals surface area contributed by atoms with Crippen LogP contribution in [0.4, 0.5) is 4.39 Å². The zero-order valence-electron chi connectivity index (χ0n) is 11.9. The molecule has 0 N–H and O–H groups in total. The molecule has 1 heterocycles. The lowest BCUT2D eigenvalue weighted by Crippen LogP contribution is -2.07. The molecular formula is C18H11ClFNO2. The Morgan fingerprint density at radius 1 is 1.09 bits per heavy atom. The second-order valence-corrected chi connectivity index (χ2v) is 5.19. The van der Waals surface area contributed by atoms with Crippen LogP contribution in [0.25, 0.3) is 6.08 Å². The number of ether oxygens (including phenoxy) is 1. The molecule has 23 heavy (non-hydrogen) atoms. The minimum absolute atomic E-state index is 0.0282. The molecule has 1 aliphatic rings. The quantitative estimate of drug-likeness (QED) is 0.623. The average molecular weight is 328 g/mol. The van der Waals surface area contributed by atoms with Crippen LogP contribution in [0.1, 0.15) is 11.1 Å². The van der Waals surface area contributed by atoms with Gasteiger partial charge in [0.05, 0.1) is 5.56 Å². The smallest absolute Gasteiger partial charge is 0.363 e. The third-order valence-corrected chi connectivity index (χ3v) is 3.32. The van der Waals surface area contributed by atoms with Crippen LogP contribution in [0.5, 0.6) is 0 Å². The molecule has 1 aliphatic heterocycles. The third-order valence-electron chi connectivity index (χ3n) is 3.10. The van der Waals surface area contributed by atoms with Gasteiger partial charge in [-0.1, -0.05) is 54.1 Å². The maximum absolute atomic E-state index is 13.7. The third kappa shape index (κ3) is 3.55. The van der Waals surface area contributed by atoms with E-state index in [-0.39, 0.29) is 17.2 Å². The standard InChI is InChI=1S/C18H11ClFNO2/c19-13(10-12-6-2-1-3-7-12)11-16-18(22)23-17(21-16)14-8-4-5-9-15(14)20/h1-11H/b13-10-,16-11+. The molecule has 0 saturated carbocycles. The first-order valence-corrected chi connectivity index (χ1v) is 7.21. The fourth-order valence-corrected chi connectivity index (χ4v) is 2.27. The summed E-state index contributed by atoms with van der Waals surface area (Å²) in [6.07, 6.45) is 3.09. The zero-order valence-corrected chi connectivity index (χ0v) is 12.6. The van der Waals surface area contributed by atoms with E-state index in [2.05, 4.69) is 4.99 Å². The number of cyclic esters (lactones) is 1. The molecule has 0 radical (unpaired) electrons. The molecule has 0 aliphatic carbocycles. The van der Waals surface area contributed by atoms with Crippen molar-refractivity contribution in [2.75, 3.05) is 0 Å². The van der Waals surface area contributed by atoms with Crippen LogP contribution >= 0.6 is 11.6 Å². The summed E-state index contributed by atoms with van der Waals surface area (Å²) in [6.45, 7) is 0. The Hall–Kier alpha value is -2.72. The van der Waals surface area contributed by atoms with Gasteiger partial charge in [0.1, 0.15) is 5.82 Å². The Morgan fingerprint density at radius 3 is 2.52 bits per heavy atom. The Kier molecular flexibility index (Phi) is 4.35. The molecule has 0 saturated heterocycles. The molecule has 114 valence electrons. The zero-order chi connectivity index (χ0) is 16.2. The van der Waals surface area contributed by atoms with Crippen LogP contribution in [-0.2, 0) is 9.53 Å². The van der Waals surface area contributed by atoms with Gasteiger partial charge in [-0.15, -0.1) is 0 Å². The van der Waals surface area contributed by atoms with E-state index in [9.17, 15) is 9.18 Å². The van der Waals surface area contributed by atoms with Gasteiger partial charge in [-0.25, -0.2) is 14.2 Å². The summed E-state index contributed by atoms with van der Waals surface area (Å²) >= 11 is 6.12. The molecule has 0 atom stereocenters. The fourth-order valence-electron chi connectivity index (χ4n) is 2.04. The van der Waals surface area contributed by atoms with Crippen LogP contribution in [0.2, 0.25) is 0 Å². The molecule has 3 rings (SSSR count). The normalized spacial score (nSPS) is 16.4. The second-order valence-electron chi connectivity index (χ2n) is 4.76. The van der Waals surface area contributed by atoms with Crippen molar-refractivity contribution >= 4 is 29.5 Å². The molecule has 0 unspecified atom stereocenters. The van der Waals surface area contributed by atoms with Crippen molar-refractivity contribution in [3.05, 3.63) is 88.3 Å². The first-order chi connectivity index (χ1) is 11.1. The highest BCUT2D eigenvalue weighted by molar-refractivity contribution is 6.33. The number of hydrogen-bond donors (Lipinski definition) is 0. The first kappa shape index (κ1) is 15.2.